The lowest BCUT2D eigenvalue weighted by molar-refractivity contribution is 0.154. The number of nitrogens with two attached hydrogens (primary N) is 1. The summed E-state index contributed by atoms with van der Waals surface area (Å²) in [4.78, 5) is 3.70. The molecule has 0 amide bonds. The van der Waals surface area contributed by atoms with Gasteiger partial charge in [-0.2, -0.15) is 0 Å². The monoisotopic (exact) mass is 155 g/mol. The lowest BCUT2D eigenvalue weighted by Gasteiger charge is -2.17. The lowest BCUT2D eigenvalue weighted by atomic mass is 10.4. The third-order valence-corrected chi connectivity index (χ3v) is 1.57. The number of aliphatic hydroxyl groups excluding tert-OH is 1. The van der Waals surface area contributed by atoms with E-state index in [9.17, 15) is 0 Å². The van der Waals surface area contributed by atoms with Crippen LogP contribution in [0.5, 0.6) is 0 Å². The first-order chi connectivity index (χ1) is 5.27. The van der Waals surface area contributed by atoms with Crippen molar-refractivity contribution in [1.82, 2.24) is 16.0 Å². The number of hydrogen-bond donors (Lipinski definition) is 5. The van der Waals surface area contributed by atoms with Crippen LogP contribution in [0.2, 0.25) is 0 Å². The molecule has 0 aromatic carbocycles. The first kappa shape index (κ1) is 6.29. The van der Waals surface area contributed by atoms with Crippen LogP contribution in [0.3, 0.4) is 0 Å². The minimum atomic E-state index is -0.929. The Labute approximate surface area is 63.2 Å². The predicted octanol–water partition coefficient (Wildman–Crippen LogP) is -2.46. The Morgan fingerprint density at radius 1 is 1.55 bits per heavy atom. The second kappa shape index (κ2) is 2.03. The number of nitrogens with one attached hydrogen (secondary N) is 3. The minimum absolute atomic E-state index is 0.330. The van der Waals surface area contributed by atoms with Gasteiger partial charge in [-0.15, -0.1) is 0 Å². The molecule has 0 aromatic heterocycles. The number of hydrogen-bond acceptors (Lipinski definition) is 6. The van der Waals surface area contributed by atoms with Gasteiger partial charge in [-0.25, -0.2) is 4.99 Å². The number of rotatable bonds is 0. The third kappa shape index (κ3) is 0.874. The van der Waals surface area contributed by atoms with Crippen molar-refractivity contribution < 1.29 is 5.11 Å². The van der Waals surface area contributed by atoms with Crippen LogP contribution >= 0.6 is 0 Å². The average molecular weight is 155 g/mol. The van der Waals surface area contributed by atoms with Gasteiger partial charge in [-0.05, 0) is 0 Å². The smallest absolute Gasteiger partial charge is 0.226 e. The zero-order chi connectivity index (χ0) is 7.84. The second-order valence-electron chi connectivity index (χ2n) is 2.31. The van der Waals surface area contributed by atoms with Crippen LogP contribution in [0.15, 0.2) is 16.5 Å². The van der Waals surface area contributed by atoms with Crippen LogP contribution in [0.1, 0.15) is 0 Å². The summed E-state index contributed by atoms with van der Waals surface area (Å²) in [7, 11) is 0. The van der Waals surface area contributed by atoms with Crippen molar-refractivity contribution in [3.8, 4) is 0 Å². The Bertz CT molecular complexity index is 245. The highest BCUT2D eigenvalue weighted by Gasteiger charge is 2.22. The van der Waals surface area contributed by atoms with E-state index in [1.54, 1.807) is 0 Å². The minimum Gasteiger partial charge on any atom is -0.382 e. The van der Waals surface area contributed by atoms with Crippen molar-refractivity contribution in [2.45, 2.75) is 6.35 Å². The highest BCUT2D eigenvalue weighted by molar-refractivity contribution is 5.98. The molecule has 11 heavy (non-hydrogen) atoms. The Kier molecular flexibility index (Phi) is 1.16. The van der Waals surface area contributed by atoms with Gasteiger partial charge in [0.15, 0.2) is 5.84 Å². The van der Waals surface area contributed by atoms with Gasteiger partial charge in [0.1, 0.15) is 11.5 Å². The van der Waals surface area contributed by atoms with E-state index in [0.29, 0.717) is 18.3 Å². The summed E-state index contributed by atoms with van der Waals surface area (Å²) in [5, 5.41) is 17.7. The SMILES string of the molecule is NC1=NC(O)NC2=C1NCN2. The molecule has 0 saturated heterocycles. The molecule has 0 saturated carbocycles. The number of aliphatic imine (C=N–C) groups is 1. The molecule has 2 aliphatic heterocycles. The molecule has 0 spiro atoms. The normalized spacial score (nSPS) is 28.1. The number of nitrogens with zero attached hydrogens (tertiary/aromatic N) is 1. The molecule has 6 N–H and O–H groups in total. The van der Waals surface area contributed by atoms with Crippen LogP contribution in [-0.4, -0.2) is 24.0 Å². The molecular weight excluding hydrogens is 146 g/mol. The first-order valence-electron chi connectivity index (χ1n) is 3.27. The third-order valence-electron chi connectivity index (χ3n) is 1.57. The highest BCUT2D eigenvalue weighted by Crippen LogP contribution is 2.06. The molecule has 60 valence electrons. The van der Waals surface area contributed by atoms with Crippen molar-refractivity contribution in [2.75, 3.05) is 6.67 Å². The van der Waals surface area contributed by atoms with Gasteiger partial charge in [0.2, 0.25) is 6.35 Å². The zero-order valence-electron chi connectivity index (χ0n) is 5.76. The molecule has 1 unspecified atom stereocenters. The van der Waals surface area contributed by atoms with E-state index in [1.807, 2.05) is 0 Å². The van der Waals surface area contributed by atoms with E-state index in [2.05, 4.69) is 20.9 Å². The van der Waals surface area contributed by atoms with Crippen LogP contribution in [0.25, 0.3) is 0 Å². The summed E-state index contributed by atoms with van der Waals surface area (Å²) in [5.41, 5.74) is 6.23. The predicted molar refractivity (Wildman–Crippen MR) is 38.9 cm³/mol. The second-order valence-corrected chi connectivity index (χ2v) is 2.31. The van der Waals surface area contributed by atoms with Gasteiger partial charge in [0.05, 0.1) is 6.67 Å². The fourth-order valence-electron chi connectivity index (χ4n) is 1.10. The molecule has 1 atom stereocenters. The molecule has 2 heterocycles. The summed E-state index contributed by atoms with van der Waals surface area (Å²) in [6, 6.07) is 0. The van der Waals surface area contributed by atoms with Crippen LogP contribution in [0, 0.1) is 0 Å². The largest absolute Gasteiger partial charge is 0.382 e. The first-order valence-corrected chi connectivity index (χ1v) is 3.27. The average Bonchev–Trinajstić information content (AvgIpc) is 2.34. The Balaban J connectivity index is 2.31. The molecular formula is C5H9N5O. The fraction of sp³-hybridized carbons (Fsp3) is 0.400. The van der Waals surface area contributed by atoms with E-state index in [4.69, 9.17) is 10.8 Å². The number of amidine groups is 1. The highest BCUT2D eigenvalue weighted by atomic mass is 16.3. The molecule has 6 nitrogen and oxygen atoms in total. The van der Waals surface area contributed by atoms with Crippen LogP contribution in [-0.2, 0) is 0 Å². The van der Waals surface area contributed by atoms with Crippen LogP contribution < -0.4 is 21.7 Å². The zero-order valence-corrected chi connectivity index (χ0v) is 5.76. The van der Waals surface area contributed by atoms with Gasteiger partial charge in [-0.3, -0.25) is 0 Å². The molecule has 6 heteroatoms. The van der Waals surface area contributed by atoms with Gasteiger partial charge < -0.3 is 26.8 Å². The van der Waals surface area contributed by atoms with Gasteiger partial charge in [-0.1, -0.05) is 0 Å². The summed E-state index contributed by atoms with van der Waals surface area (Å²) in [6.07, 6.45) is -0.929. The van der Waals surface area contributed by atoms with E-state index in [-0.39, 0.29) is 0 Å². The molecule has 0 fully saturated rings. The summed E-state index contributed by atoms with van der Waals surface area (Å²) >= 11 is 0. The maximum Gasteiger partial charge on any atom is 0.226 e. The van der Waals surface area contributed by atoms with E-state index < -0.39 is 6.35 Å². The molecule has 0 radical (unpaired) electrons. The van der Waals surface area contributed by atoms with Crippen molar-refractivity contribution in [2.24, 2.45) is 10.7 Å². The van der Waals surface area contributed by atoms with Crippen molar-refractivity contribution in [1.29, 1.82) is 0 Å². The quantitative estimate of drug-likeness (QED) is 0.267. The molecule has 0 aromatic rings. The molecule has 2 rings (SSSR count). The van der Waals surface area contributed by atoms with E-state index in [1.165, 1.54) is 0 Å². The lowest BCUT2D eigenvalue weighted by Crippen LogP contribution is -2.39. The maximum atomic E-state index is 9.05. The molecule has 2 aliphatic rings. The number of aliphatic hydroxyl groups is 1. The summed E-state index contributed by atoms with van der Waals surface area (Å²) in [6.45, 7) is 0.612. The van der Waals surface area contributed by atoms with Crippen molar-refractivity contribution >= 4 is 5.84 Å². The van der Waals surface area contributed by atoms with Gasteiger partial charge in [0.25, 0.3) is 0 Å². The topological polar surface area (TPSA) is 94.7 Å². The standard InChI is InChI=1S/C5H9N5O/c6-3-2-4(8-1-7-2)10-5(11)9-3/h5,7-8,10-11H,1H2,(H2,6,9). The van der Waals surface area contributed by atoms with E-state index >= 15 is 0 Å². The summed E-state index contributed by atoms with van der Waals surface area (Å²) in [5.74, 6) is 1.04. The molecule has 0 aliphatic carbocycles. The van der Waals surface area contributed by atoms with Crippen LogP contribution in [0.4, 0.5) is 0 Å². The fourth-order valence-corrected chi connectivity index (χ4v) is 1.10. The Morgan fingerprint density at radius 2 is 2.36 bits per heavy atom. The van der Waals surface area contributed by atoms with Crippen molar-refractivity contribution in [3.05, 3.63) is 11.5 Å². The summed E-state index contributed by atoms with van der Waals surface area (Å²) < 4.78 is 0. The molecule has 0 bridgehead atoms. The van der Waals surface area contributed by atoms with Gasteiger partial charge >= 0.3 is 0 Å². The van der Waals surface area contributed by atoms with Crippen molar-refractivity contribution in [3.63, 3.8) is 0 Å². The van der Waals surface area contributed by atoms with Gasteiger partial charge in [0, 0.05) is 0 Å². The Hall–Kier alpha value is -1.43. The maximum absolute atomic E-state index is 9.05. The Morgan fingerprint density at radius 3 is 3.18 bits per heavy atom. The van der Waals surface area contributed by atoms with E-state index in [0.717, 1.165) is 5.70 Å².